The maximum atomic E-state index is 12.5. The highest BCUT2D eigenvalue weighted by atomic mass is 32.2. The van der Waals surface area contributed by atoms with E-state index < -0.39 is 6.10 Å². The summed E-state index contributed by atoms with van der Waals surface area (Å²) in [5.41, 5.74) is 4.18. The highest BCUT2D eigenvalue weighted by Crippen LogP contribution is 2.33. The van der Waals surface area contributed by atoms with E-state index in [-0.39, 0.29) is 11.7 Å². The van der Waals surface area contributed by atoms with Crippen LogP contribution in [0.25, 0.3) is 0 Å². The molecule has 4 nitrogen and oxygen atoms in total. The highest BCUT2D eigenvalue weighted by Gasteiger charge is 2.33. The third-order valence-electron chi connectivity index (χ3n) is 3.95. The first-order chi connectivity index (χ1) is 10.5. The number of allylic oxidation sites excluding steroid dienone is 1. The van der Waals surface area contributed by atoms with Crippen molar-refractivity contribution in [3.05, 3.63) is 11.3 Å². The smallest absolute Gasteiger partial charge is 0.163 e. The van der Waals surface area contributed by atoms with Crippen LogP contribution in [0.4, 0.5) is 0 Å². The number of hydroxylamine groups is 1. The number of thioether (sulfide) groups is 1. The van der Waals surface area contributed by atoms with Crippen LogP contribution in [-0.2, 0) is 9.63 Å². The zero-order valence-electron chi connectivity index (χ0n) is 14.4. The number of ketones is 1. The zero-order chi connectivity index (χ0) is 16.5. The van der Waals surface area contributed by atoms with Crippen molar-refractivity contribution in [2.45, 2.75) is 71.2 Å². The van der Waals surface area contributed by atoms with Crippen LogP contribution in [0.5, 0.6) is 0 Å². The minimum Gasteiger partial charge on any atom is -0.388 e. The molecule has 1 saturated carbocycles. The third kappa shape index (κ3) is 5.94. The van der Waals surface area contributed by atoms with E-state index >= 15 is 0 Å². The molecule has 0 spiro atoms. The predicted molar refractivity (Wildman–Crippen MR) is 92.6 cm³/mol. The molecule has 3 atom stereocenters. The van der Waals surface area contributed by atoms with Gasteiger partial charge in [-0.1, -0.05) is 27.2 Å². The largest absolute Gasteiger partial charge is 0.388 e. The lowest BCUT2D eigenvalue weighted by Gasteiger charge is -2.30. The van der Waals surface area contributed by atoms with Gasteiger partial charge in [0, 0.05) is 22.9 Å². The molecule has 0 aliphatic heterocycles. The fourth-order valence-corrected chi connectivity index (χ4v) is 4.07. The Morgan fingerprint density at radius 1 is 1.45 bits per heavy atom. The van der Waals surface area contributed by atoms with Gasteiger partial charge in [-0.2, -0.15) is 11.8 Å². The van der Waals surface area contributed by atoms with Crippen molar-refractivity contribution >= 4 is 17.5 Å². The van der Waals surface area contributed by atoms with Gasteiger partial charge in [0.25, 0.3) is 0 Å². The van der Waals surface area contributed by atoms with Gasteiger partial charge >= 0.3 is 0 Å². The van der Waals surface area contributed by atoms with E-state index in [2.05, 4.69) is 26.3 Å². The van der Waals surface area contributed by atoms with Gasteiger partial charge in [0.1, 0.15) is 0 Å². The van der Waals surface area contributed by atoms with Crippen molar-refractivity contribution in [1.29, 1.82) is 0 Å². The number of aliphatic hydroxyl groups is 1. The van der Waals surface area contributed by atoms with Gasteiger partial charge in [0.2, 0.25) is 0 Å². The average molecular weight is 330 g/mol. The number of aliphatic hydroxyl groups excluding tert-OH is 1. The lowest BCUT2D eigenvalue weighted by atomic mass is 9.79. The van der Waals surface area contributed by atoms with Gasteiger partial charge in [0.15, 0.2) is 5.78 Å². The van der Waals surface area contributed by atoms with Gasteiger partial charge < -0.3 is 5.11 Å². The van der Waals surface area contributed by atoms with Crippen LogP contribution in [-0.4, -0.2) is 34.6 Å². The van der Waals surface area contributed by atoms with E-state index in [1.165, 1.54) is 0 Å². The Hall–Kier alpha value is -0.520. The molecule has 1 aliphatic carbocycles. The van der Waals surface area contributed by atoms with E-state index in [1.807, 2.05) is 18.7 Å². The normalized spacial score (nSPS) is 26.0. The van der Waals surface area contributed by atoms with Crippen LogP contribution in [0.15, 0.2) is 11.3 Å². The molecule has 2 N–H and O–H groups in total. The van der Waals surface area contributed by atoms with Crippen LogP contribution < -0.4 is 5.48 Å². The minimum absolute atomic E-state index is 0.0769. The molecule has 3 unspecified atom stereocenters. The Bertz CT molecular complexity index is 384. The second kappa shape index (κ2) is 10.3. The van der Waals surface area contributed by atoms with Crippen LogP contribution >= 0.6 is 11.8 Å². The molecule has 22 heavy (non-hydrogen) atoms. The first-order valence-corrected chi connectivity index (χ1v) is 9.51. The quantitative estimate of drug-likeness (QED) is 0.501. The van der Waals surface area contributed by atoms with Gasteiger partial charge in [-0.25, -0.2) is 0 Å². The molecule has 0 amide bonds. The monoisotopic (exact) mass is 329 g/mol. The molecule has 0 aromatic rings. The Labute approximate surface area is 139 Å². The zero-order valence-corrected chi connectivity index (χ0v) is 15.2. The van der Waals surface area contributed by atoms with Crippen LogP contribution in [0.2, 0.25) is 0 Å². The van der Waals surface area contributed by atoms with E-state index in [9.17, 15) is 9.90 Å². The van der Waals surface area contributed by atoms with Crippen molar-refractivity contribution in [3.8, 4) is 0 Å². The SMILES string of the molecule is CCCC(NOCC)=C1C(=O)CC(CC(C)SCC)CC1O. The molecular weight excluding hydrogens is 298 g/mol. The maximum Gasteiger partial charge on any atom is 0.163 e. The number of carbonyl (C=O) groups excluding carboxylic acids is 1. The molecule has 1 rings (SSSR count). The van der Waals surface area contributed by atoms with Crippen molar-refractivity contribution in [2.24, 2.45) is 5.92 Å². The number of nitrogens with one attached hydrogen (secondary N) is 1. The lowest BCUT2D eigenvalue weighted by Crippen LogP contribution is -2.34. The standard InChI is InChI=1S/C17H31NO3S/c1-5-8-14(18-21-6-2)17-15(19)10-13(11-16(17)20)9-12(4)22-7-3/h12-13,15,18-19H,5-11H2,1-4H3. The molecule has 0 saturated heterocycles. The first kappa shape index (κ1) is 19.5. The van der Waals surface area contributed by atoms with Gasteiger partial charge in [-0.05, 0) is 37.9 Å². The van der Waals surface area contributed by atoms with Crippen molar-refractivity contribution in [1.82, 2.24) is 5.48 Å². The van der Waals surface area contributed by atoms with Crippen LogP contribution in [0, 0.1) is 5.92 Å². The number of hydrogen-bond acceptors (Lipinski definition) is 5. The Balaban J connectivity index is 2.77. The molecule has 0 aromatic carbocycles. The van der Waals surface area contributed by atoms with Crippen molar-refractivity contribution in [2.75, 3.05) is 12.4 Å². The first-order valence-electron chi connectivity index (χ1n) is 8.47. The topological polar surface area (TPSA) is 58.6 Å². The van der Waals surface area contributed by atoms with Crippen LogP contribution in [0.3, 0.4) is 0 Å². The molecule has 128 valence electrons. The predicted octanol–water partition coefficient (Wildman–Crippen LogP) is 3.45. The lowest BCUT2D eigenvalue weighted by molar-refractivity contribution is -0.119. The van der Waals surface area contributed by atoms with E-state index in [4.69, 9.17) is 4.84 Å². The van der Waals surface area contributed by atoms with Gasteiger partial charge in [0.05, 0.1) is 12.7 Å². The molecule has 0 aromatic heterocycles. The highest BCUT2D eigenvalue weighted by molar-refractivity contribution is 7.99. The Morgan fingerprint density at radius 3 is 2.73 bits per heavy atom. The summed E-state index contributed by atoms with van der Waals surface area (Å²) in [6, 6.07) is 0. The number of rotatable bonds is 9. The van der Waals surface area contributed by atoms with E-state index in [1.54, 1.807) is 0 Å². The molecule has 0 heterocycles. The maximum absolute atomic E-state index is 12.5. The van der Waals surface area contributed by atoms with Crippen molar-refractivity contribution in [3.63, 3.8) is 0 Å². The number of Topliss-reactive ketones (excluding diaryl/α,β-unsaturated/α-hetero) is 1. The summed E-state index contributed by atoms with van der Waals surface area (Å²) in [5, 5.41) is 11.0. The molecule has 0 radical (unpaired) electrons. The second-order valence-electron chi connectivity index (χ2n) is 5.92. The van der Waals surface area contributed by atoms with Crippen molar-refractivity contribution < 1.29 is 14.7 Å². The summed E-state index contributed by atoms with van der Waals surface area (Å²) in [4.78, 5) is 17.8. The van der Waals surface area contributed by atoms with Gasteiger partial charge in [-0.15, -0.1) is 0 Å². The summed E-state index contributed by atoms with van der Waals surface area (Å²) in [7, 11) is 0. The molecular formula is C17H31NO3S. The third-order valence-corrected chi connectivity index (χ3v) is 5.04. The summed E-state index contributed by atoms with van der Waals surface area (Å²) < 4.78 is 0. The second-order valence-corrected chi connectivity index (χ2v) is 7.64. The molecule has 1 aliphatic rings. The number of hydrogen-bond donors (Lipinski definition) is 2. The molecule has 5 heteroatoms. The summed E-state index contributed by atoms with van der Waals surface area (Å²) >= 11 is 1.92. The van der Waals surface area contributed by atoms with Crippen LogP contribution in [0.1, 0.15) is 59.8 Å². The fourth-order valence-electron chi connectivity index (χ4n) is 3.10. The molecule has 1 fully saturated rings. The molecule has 0 bridgehead atoms. The Morgan fingerprint density at radius 2 is 2.18 bits per heavy atom. The Kier molecular flexibility index (Phi) is 9.13. The summed E-state index contributed by atoms with van der Waals surface area (Å²) in [6.07, 6.45) is 3.19. The fraction of sp³-hybridized carbons (Fsp3) is 0.824. The average Bonchev–Trinajstić information content (AvgIpc) is 2.44. The minimum atomic E-state index is -0.667. The van der Waals surface area contributed by atoms with E-state index in [0.717, 1.165) is 30.7 Å². The van der Waals surface area contributed by atoms with Gasteiger partial charge in [-0.3, -0.25) is 15.1 Å². The number of carbonyl (C=O) groups is 1. The summed E-state index contributed by atoms with van der Waals surface area (Å²) in [5.74, 6) is 1.46. The summed E-state index contributed by atoms with van der Waals surface area (Å²) in [6.45, 7) is 8.83. The van der Waals surface area contributed by atoms with E-state index in [0.29, 0.717) is 30.3 Å².